The van der Waals surface area contributed by atoms with Gasteiger partial charge in [0.15, 0.2) is 0 Å². The van der Waals surface area contributed by atoms with E-state index >= 15 is 0 Å². The zero-order valence-corrected chi connectivity index (χ0v) is 22.5. The van der Waals surface area contributed by atoms with Gasteiger partial charge in [0.25, 0.3) is 0 Å². The van der Waals surface area contributed by atoms with Gasteiger partial charge >= 0.3 is 0 Å². The van der Waals surface area contributed by atoms with E-state index in [9.17, 15) is 19.5 Å². The molecule has 8 heteroatoms. The molecule has 0 radical (unpaired) electrons. The van der Waals surface area contributed by atoms with Crippen molar-refractivity contribution in [3.05, 3.63) is 46.3 Å². The molecule has 0 aliphatic carbocycles. The van der Waals surface area contributed by atoms with Crippen LogP contribution in [0.15, 0.2) is 29.6 Å². The molecular formula is C27H37N3O4S. The molecule has 0 saturated carbocycles. The molecule has 1 aliphatic heterocycles. The molecule has 1 aliphatic rings. The van der Waals surface area contributed by atoms with Crippen molar-refractivity contribution in [1.82, 2.24) is 15.5 Å². The second kappa shape index (κ2) is 10.5. The molecule has 35 heavy (non-hydrogen) atoms. The largest absolute Gasteiger partial charge is 0.391 e. The predicted octanol–water partition coefficient (Wildman–Crippen LogP) is 3.72. The fraction of sp³-hybridized carbons (Fsp3) is 0.519. The molecule has 4 atom stereocenters. The second-order valence-electron chi connectivity index (χ2n) is 10.6. The lowest BCUT2D eigenvalue weighted by atomic mass is 9.85. The topological polar surface area (TPSA) is 98.7 Å². The molecular weight excluding hydrogens is 462 g/mol. The van der Waals surface area contributed by atoms with Crippen LogP contribution in [0.1, 0.15) is 63.8 Å². The molecule has 7 nitrogen and oxygen atoms in total. The Morgan fingerprint density at radius 1 is 1.11 bits per heavy atom. The second-order valence-corrected chi connectivity index (χ2v) is 11.5. The molecule has 0 bridgehead atoms. The fourth-order valence-electron chi connectivity index (χ4n) is 4.68. The lowest BCUT2D eigenvalue weighted by Crippen LogP contribution is -2.57. The number of nitrogens with zero attached hydrogens (tertiary/aromatic N) is 1. The highest BCUT2D eigenvalue weighted by Crippen LogP contribution is 2.32. The first-order valence-electron chi connectivity index (χ1n) is 12.0. The molecule has 3 amide bonds. The third kappa shape index (κ3) is 6.11. The molecule has 1 saturated heterocycles. The third-order valence-electron chi connectivity index (χ3n) is 6.54. The number of hydrogen-bond donors (Lipinski definition) is 3. The van der Waals surface area contributed by atoms with Crippen molar-refractivity contribution in [3.63, 3.8) is 0 Å². The number of amides is 3. The first-order chi connectivity index (χ1) is 16.3. The minimum absolute atomic E-state index is 0.0609. The van der Waals surface area contributed by atoms with E-state index in [4.69, 9.17) is 0 Å². The van der Waals surface area contributed by atoms with Gasteiger partial charge in [-0.05, 0) is 59.9 Å². The Balaban J connectivity index is 1.77. The van der Waals surface area contributed by atoms with Gasteiger partial charge in [-0.25, -0.2) is 0 Å². The van der Waals surface area contributed by atoms with Gasteiger partial charge in [-0.15, -0.1) is 11.3 Å². The number of carbonyl (C=O) groups is 3. The van der Waals surface area contributed by atoms with E-state index in [1.807, 2.05) is 40.7 Å². The van der Waals surface area contributed by atoms with E-state index in [2.05, 4.69) is 41.1 Å². The SMILES string of the molecule is CC(=O)N[C@H](C(=O)N1C[C@H](O)C[C@H]1C(=O)N[C@@H](C)c1ccc(-c2sccc2C)cc1C)C(C)(C)C. The number of likely N-dealkylation sites (tertiary alicyclic amines) is 1. The summed E-state index contributed by atoms with van der Waals surface area (Å²) in [5.74, 6) is -0.983. The van der Waals surface area contributed by atoms with E-state index < -0.39 is 23.6 Å². The Kier molecular flexibility index (Phi) is 8.07. The van der Waals surface area contributed by atoms with E-state index in [-0.39, 0.29) is 36.7 Å². The van der Waals surface area contributed by atoms with Gasteiger partial charge in [0.1, 0.15) is 12.1 Å². The summed E-state index contributed by atoms with van der Waals surface area (Å²) in [5.41, 5.74) is 3.91. The highest BCUT2D eigenvalue weighted by molar-refractivity contribution is 7.13. The summed E-state index contributed by atoms with van der Waals surface area (Å²) in [4.78, 5) is 41.1. The zero-order chi connectivity index (χ0) is 26.1. The number of aliphatic hydroxyl groups excluding tert-OH is 1. The number of carbonyl (C=O) groups excluding carboxylic acids is 3. The normalized spacial score (nSPS) is 19.8. The third-order valence-corrected chi connectivity index (χ3v) is 7.61. The van der Waals surface area contributed by atoms with Crippen LogP contribution in [-0.2, 0) is 14.4 Å². The van der Waals surface area contributed by atoms with Crippen molar-refractivity contribution in [2.75, 3.05) is 6.54 Å². The number of rotatable bonds is 6. The maximum absolute atomic E-state index is 13.4. The number of aliphatic hydroxyl groups is 1. The zero-order valence-electron chi connectivity index (χ0n) is 21.6. The first kappa shape index (κ1) is 26.9. The Labute approximate surface area is 211 Å². The van der Waals surface area contributed by atoms with Crippen LogP contribution in [-0.4, -0.2) is 52.5 Å². The average Bonchev–Trinajstić information content (AvgIpc) is 3.36. The van der Waals surface area contributed by atoms with Crippen molar-refractivity contribution in [2.24, 2.45) is 5.41 Å². The maximum Gasteiger partial charge on any atom is 0.246 e. The molecule has 3 rings (SSSR count). The van der Waals surface area contributed by atoms with E-state index in [1.54, 1.807) is 11.3 Å². The maximum atomic E-state index is 13.4. The van der Waals surface area contributed by atoms with Gasteiger partial charge < -0.3 is 20.6 Å². The minimum atomic E-state index is -0.799. The van der Waals surface area contributed by atoms with Crippen LogP contribution in [0.4, 0.5) is 0 Å². The lowest BCUT2D eigenvalue weighted by Gasteiger charge is -2.35. The summed E-state index contributed by atoms with van der Waals surface area (Å²) in [7, 11) is 0. The van der Waals surface area contributed by atoms with Crippen LogP contribution in [0.5, 0.6) is 0 Å². The molecule has 0 spiro atoms. The summed E-state index contributed by atoms with van der Waals surface area (Å²) in [5, 5.41) is 18.2. The van der Waals surface area contributed by atoms with Gasteiger partial charge in [0.05, 0.1) is 12.1 Å². The predicted molar refractivity (Wildman–Crippen MR) is 139 cm³/mol. The molecule has 1 aromatic carbocycles. The quantitative estimate of drug-likeness (QED) is 0.564. The molecule has 190 valence electrons. The number of aryl methyl sites for hydroxylation is 2. The molecule has 2 heterocycles. The Morgan fingerprint density at radius 2 is 1.80 bits per heavy atom. The molecule has 1 aromatic heterocycles. The molecule has 3 N–H and O–H groups in total. The summed E-state index contributed by atoms with van der Waals surface area (Å²) in [6.45, 7) is 13.1. The smallest absolute Gasteiger partial charge is 0.246 e. The molecule has 1 fully saturated rings. The van der Waals surface area contributed by atoms with Crippen molar-refractivity contribution in [2.45, 2.75) is 79.1 Å². The van der Waals surface area contributed by atoms with Crippen LogP contribution in [0.25, 0.3) is 10.4 Å². The van der Waals surface area contributed by atoms with E-state index in [0.29, 0.717) is 0 Å². The number of benzene rings is 1. The van der Waals surface area contributed by atoms with Crippen LogP contribution >= 0.6 is 11.3 Å². The van der Waals surface area contributed by atoms with Gasteiger partial charge in [-0.3, -0.25) is 14.4 Å². The number of β-amino-alcohol motifs (C(OH)–C–C–N with tert-alkyl or cyclic N) is 1. The Bertz CT molecular complexity index is 1100. The number of nitrogens with one attached hydrogen (secondary N) is 2. The van der Waals surface area contributed by atoms with Gasteiger partial charge in [-0.2, -0.15) is 0 Å². The highest BCUT2D eigenvalue weighted by atomic mass is 32.1. The van der Waals surface area contributed by atoms with Crippen LogP contribution in [0.2, 0.25) is 0 Å². The number of thiophene rings is 1. The summed E-state index contributed by atoms with van der Waals surface area (Å²) >= 11 is 1.71. The minimum Gasteiger partial charge on any atom is -0.391 e. The standard InChI is InChI=1S/C27H37N3O4S/c1-15-10-11-35-23(15)19-8-9-21(16(2)12-19)17(3)28-25(33)22-13-20(32)14-30(22)26(34)24(27(5,6)7)29-18(4)31/h8-12,17,20,22,24,32H,13-14H2,1-7H3,(H,28,33)(H,29,31)/t17-,20+,22-,24+/m0/s1. The van der Waals surface area contributed by atoms with E-state index in [0.717, 1.165) is 16.7 Å². The van der Waals surface area contributed by atoms with Gasteiger partial charge in [0.2, 0.25) is 17.7 Å². The Hall–Kier alpha value is -2.71. The first-order valence-corrected chi connectivity index (χ1v) is 12.9. The molecule has 0 unspecified atom stereocenters. The lowest BCUT2D eigenvalue weighted by molar-refractivity contribution is -0.144. The fourth-order valence-corrected chi connectivity index (χ4v) is 5.61. The van der Waals surface area contributed by atoms with Crippen LogP contribution in [0, 0.1) is 19.3 Å². The van der Waals surface area contributed by atoms with Crippen molar-refractivity contribution < 1.29 is 19.5 Å². The van der Waals surface area contributed by atoms with Crippen molar-refractivity contribution >= 4 is 29.1 Å². The summed E-state index contributed by atoms with van der Waals surface area (Å²) < 4.78 is 0. The number of hydrogen-bond acceptors (Lipinski definition) is 5. The highest BCUT2D eigenvalue weighted by Gasteiger charge is 2.44. The van der Waals surface area contributed by atoms with Gasteiger partial charge in [0, 0.05) is 24.8 Å². The summed E-state index contributed by atoms with van der Waals surface area (Å²) in [6.07, 6.45) is -0.630. The summed E-state index contributed by atoms with van der Waals surface area (Å²) in [6, 6.07) is 6.47. The average molecular weight is 500 g/mol. The monoisotopic (exact) mass is 499 g/mol. The van der Waals surface area contributed by atoms with Crippen molar-refractivity contribution in [1.29, 1.82) is 0 Å². The van der Waals surface area contributed by atoms with Crippen molar-refractivity contribution in [3.8, 4) is 10.4 Å². The van der Waals surface area contributed by atoms with Gasteiger partial charge in [-0.1, -0.05) is 39.0 Å². The van der Waals surface area contributed by atoms with Crippen LogP contribution in [0.3, 0.4) is 0 Å². The van der Waals surface area contributed by atoms with E-state index in [1.165, 1.54) is 22.3 Å². The molecule has 2 aromatic rings. The Morgan fingerprint density at radius 3 is 2.34 bits per heavy atom. The van der Waals surface area contributed by atoms with Crippen LogP contribution < -0.4 is 10.6 Å².